The summed E-state index contributed by atoms with van der Waals surface area (Å²) < 4.78 is 0. The van der Waals surface area contributed by atoms with Gasteiger partial charge in [-0.05, 0) is 50.5 Å². The molecule has 110 valence electrons. The Labute approximate surface area is 130 Å². The molecule has 0 heterocycles. The van der Waals surface area contributed by atoms with Crippen LogP contribution >= 0.6 is 11.8 Å². The monoisotopic (exact) mass is 300 g/mol. The number of rotatable bonds is 5. The number of hydrogen-bond acceptors (Lipinski definition) is 2. The molecule has 0 aliphatic heterocycles. The number of aliphatic carboxylic acids is 1. The van der Waals surface area contributed by atoms with Crippen molar-refractivity contribution in [2.75, 3.05) is 0 Å². The third-order valence-electron chi connectivity index (χ3n) is 3.48. The van der Waals surface area contributed by atoms with Gasteiger partial charge in [0.1, 0.15) is 5.25 Å². The summed E-state index contributed by atoms with van der Waals surface area (Å²) >= 11 is 1.41. The molecule has 0 radical (unpaired) electrons. The number of carboxylic acid groups (broad SMARTS) is 1. The number of aryl methyl sites for hydroxylation is 3. The highest BCUT2D eigenvalue weighted by atomic mass is 32.2. The summed E-state index contributed by atoms with van der Waals surface area (Å²) in [5, 5.41) is 9.01. The predicted molar refractivity (Wildman–Crippen MR) is 88.1 cm³/mol. The van der Waals surface area contributed by atoms with Crippen LogP contribution in [-0.4, -0.2) is 16.3 Å². The quantitative estimate of drug-likeness (QED) is 0.832. The van der Waals surface area contributed by atoms with Crippen LogP contribution in [0.15, 0.2) is 47.4 Å². The van der Waals surface area contributed by atoms with Crippen molar-refractivity contribution in [1.82, 2.24) is 0 Å². The summed E-state index contributed by atoms with van der Waals surface area (Å²) in [6.45, 7) is 6.11. The highest BCUT2D eigenvalue weighted by Crippen LogP contribution is 2.27. The maximum absolute atomic E-state index is 11.5. The SMILES string of the molecule is Cc1ccc(S[C@H](Cc2ccc(C)cc2C)C(=O)O)cc1. The predicted octanol–water partition coefficient (Wildman–Crippen LogP) is 4.40. The average Bonchev–Trinajstić information content (AvgIpc) is 2.43. The Morgan fingerprint density at radius 1 is 1.05 bits per heavy atom. The molecule has 21 heavy (non-hydrogen) atoms. The average molecular weight is 300 g/mol. The third kappa shape index (κ3) is 4.36. The molecule has 2 aromatic rings. The Kier molecular flexibility index (Phi) is 5.07. The standard InChI is InChI=1S/C18H20O2S/c1-12-5-8-16(9-6-12)21-17(18(19)20)11-15-7-4-13(2)10-14(15)3/h4-10,17H,11H2,1-3H3,(H,19,20)/t17-/m1/s1. The van der Waals surface area contributed by atoms with E-state index in [-0.39, 0.29) is 0 Å². The van der Waals surface area contributed by atoms with Crippen molar-refractivity contribution >= 4 is 17.7 Å². The van der Waals surface area contributed by atoms with Crippen molar-refractivity contribution in [3.8, 4) is 0 Å². The molecule has 0 spiro atoms. The lowest BCUT2D eigenvalue weighted by Gasteiger charge is -2.14. The number of thioether (sulfide) groups is 1. The van der Waals surface area contributed by atoms with E-state index in [9.17, 15) is 9.90 Å². The molecular formula is C18H20O2S. The number of benzene rings is 2. The minimum Gasteiger partial charge on any atom is -0.480 e. The molecular weight excluding hydrogens is 280 g/mol. The minimum atomic E-state index is -0.763. The summed E-state index contributed by atoms with van der Waals surface area (Å²) in [6, 6.07) is 14.2. The largest absolute Gasteiger partial charge is 0.480 e. The zero-order chi connectivity index (χ0) is 15.4. The van der Waals surface area contributed by atoms with E-state index >= 15 is 0 Å². The zero-order valence-electron chi connectivity index (χ0n) is 12.6. The van der Waals surface area contributed by atoms with Crippen LogP contribution in [0.1, 0.15) is 22.3 Å². The van der Waals surface area contributed by atoms with Crippen LogP contribution in [0.5, 0.6) is 0 Å². The van der Waals surface area contributed by atoms with E-state index in [0.717, 1.165) is 16.0 Å². The first-order valence-corrected chi connectivity index (χ1v) is 7.86. The van der Waals surface area contributed by atoms with E-state index in [1.807, 2.05) is 57.2 Å². The molecule has 3 heteroatoms. The maximum Gasteiger partial charge on any atom is 0.317 e. The zero-order valence-corrected chi connectivity index (χ0v) is 13.4. The van der Waals surface area contributed by atoms with Gasteiger partial charge in [0.05, 0.1) is 0 Å². The van der Waals surface area contributed by atoms with Crippen LogP contribution < -0.4 is 0 Å². The molecule has 0 aliphatic rings. The molecule has 0 fully saturated rings. The first-order valence-electron chi connectivity index (χ1n) is 6.98. The molecule has 0 amide bonds. The number of hydrogen-bond donors (Lipinski definition) is 1. The van der Waals surface area contributed by atoms with Gasteiger partial charge in [-0.25, -0.2) is 0 Å². The lowest BCUT2D eigenvalue weighted by molar-refractivity contribution is -0.136. The number of carbonyl (C=O) groups is 1. The molecule has 0 saturated heterocycles. The second-order valence-corrected chi connectivity index (χ2v) is 6.67. The van der Waals surface area contributed by atoms with Crippen molar-refractivity contribution in [3.05, 3.63) is 64.7 Å². The number of carboxylic acids is 1. The topological polar surface area (TPSA) is 37.3 Å². The molecule has 1 atom stereocenters. The second kappa shape index (κ2) is 6.81. The molecule has 0 saturated carbocycles. The normalized spacial score (nSPS) is 12.1. The van der Waals surface area contributed by atoms with Gasteiger partial charge in [-0.2, -0.15) is 0 Å². The van der Waals surface area contributed by atoms with E-state index in [0.29, 0.717) is 6.42 Å². The van der Waals surface area contributed by atoms with Crippen LogP contribution in [0, 0.1) is 20.8 Å². The van der Waals surface area contributed by atoms with Gasteiger partial charge >= 0.3 is 5.97 Å². The lowest BCUT2D eigenvalue weighted by Crippen LogP contribution is -2.19. The summed E-state index contributed by atoms with van der Waals surface area (Å²) in [5.41, 5.74) is 4.65. The summed E-state index contributed by atoms with van der Waals surface area (Å²) in [6.07, 6.45) is 0.542. The molecule has 1 N–H and O–H groups in total. The molecule has 0 bridgehead atoms. The Balaban J connectivity index is 2.15. The fourth-order valence-corrected chi connectivity index (χ4v) is 3.22. The Bertz CT molecular complexity index is 632. The van der Waals surface area contributed by atoms with Gasteiger partial charge in [-0.3, -0.25) is 4.79 Å². The van der Waals surface area contributed by atoms with Crippen molar-refractivity contribution < 1.29 is 9.90 Å². The van der Waals surface area contributed by atoms with Crippen molar-refractivity contribution in [3.63, 3.8) is 0 Å². The van der Waals surface area contributed by atoms with Gasteiger partial charge in [0, 0.05) is 4.90 Å². The van der Waals surface area contributed by atoms with Gasteiger partial charge in [-0.15, -0.1) is 11.8 Å². The highest BCUT2D eigenvalue weighted by Gasteiger charge is 2.20. The van der Waals surface area contributed by atoms with E-state index in [1.165, 1.54) is 22.9 Å². The highest BCUT2D eigenvalue weighted by molar-refractivity contribution is 8.00. The smallest absolute Gasteiger partial charge is 0.317 e. The summed E-state index contributed by atoms with van der Waals surface area (Å²) in [4.78, 5) is 12.5. The molecule has 2 aromatic carbocycles. The van der Waals surface area contributed by atoms with E-state index < -0.39 is 11.2 Å². The minimum absolute atomic E-state index is 0.464. The fraction of sp³-hybridized carbons (Fsp3) is 0.278. The molecule has 2 nitrogen and oxygen atoms in total. The first-order chi connectivity index (χ1) is 9.95. The van der Waals surface area contributed by atoms with Gasteiger partial charge in [-0.1, -0.05) is 41.5 Å². The van der Waals surface area contributed by atoms with E-state index in [2.05, 4.69) is 6.07 Å². The van der Waals surface area contributed by atoms with E-state index in [4.69, 9.17) is 0 Å². The fourth-order valence-electron chi connectivity index (χ4n) is 2.24. The van der Waals surface area contributed by atoms with Crippen molar-refractivity contribution in [2.24, 2.45) is 0 Å². The van der Waals surface area contributed by atoms with Crippen LogP contribution in [0.4, 0.5) is 0 Å². The summed E-state index contributed by atoms with van der Waals surface area (Å²) in [7, 11) is 0. The Hall–Kier alpha value is -1.74. The van der Waals surface area contributed by atoms with Gasteiger partial charge in [0.25, 0.3) is 0 Å². The van der Waals surface area contributed by atoms with E-state index in [1.54, 1.807) is 0 Å². The van der Waals surface area contributed by atoms with Gasteiger partial charge in [0.15, 0.2) is 0 Å². The summed E-state index contributed by atoms with van der Waals surface area (Å²) in [5.74, 6) is -0.763. The molecule has 0 aliphatic carbocycles. The lowest BCUT2D eigenvalue weighted by atomic mass is 10.0. The Morgan fingerprint density at radius 2 is 1.67 bits per heavy atom. The second-order valence-electron chi connectivity index (χ2n) is 5.39. The Morgan fingerprint density at radius 3 is 2.24 bits per heavy atom. The van der Waals surface area contributed by atoms with Crippen LogP contribution in [0.25, 0.3) is 0 Å². The third-order valence-corrected chi connectivity index (χ3v) is 4.68. The molecule has 0 aromatic heterocycles. The first kappa shape index (κ1) is 15.6. The maximum atomic E-state index is 11.5. The molecule has 2 rings (SSSR count). The van der Waals surface area contributed by atoms with Crippen molar-refractivity contribution in [1.29, 1.82) is 0 Å². The van der Waals surface area contributed by atoms with Crippen LogP contribution in [0.2, 0.25) is 0 Å². The van der Waals surface area contributed by atoms with Crippen molar-refractivity contribution in [2.45, 2.75) is 37.3 Å². The van der Waals surface area contributed by atoms with Crippen LogP contribution in [0.3, 0.4) is 0 Å². The molecule has 0 unspecified atom stereocenters. The van der Waals surface area contributed by atoms with Gasteiger partial charge < -0.3 is 5.11 Å². The van der Waals surface area contributed by atoms with Gasteiger partial charge in [0.2, 0.25) is 0 Å². The van der Waals surface area contributed by atoms with Crippen LogP contribution in [-0.2, 0) is 11.2 Å².